The van der Waals surface area contributed by atoms with Crippen LogP contribution in [0.5, 0.6) is 5.75 Å². The molecule has 2 rings (SSSR count). The molecule has 23 heavy (non-hydrogen) atoms. The first-order valence-electron chi connectivity index (χ1n) is 7.64. The molecule has 1 fully saturated rings. The molecule has 0 saturated carbocycles. The first-order valence-corrected chi connectivity index (χ1v) is 7.64. The van der Waals surface area contributed by atoms with Gasteiger partial charge in [0.05, 0.1) is 33.0 Å². The number of hydrogen-bond acceptors (Lipinski definition) is 6. The number of benzene rings is 1. The quantitative estimate of drug-likeness (QED) is 0.608. The number of aliphatic hydroxyl groups is 1. The molecule has 1 aromatic rings. The standard InChI is InChI=1S/C17H24O6/c1-17(16(19)21-3)15(18)10-14(23-17)8-9-22-11-12-4-6-13(20-2)7-5-12/h4-7,14-15,18H,8-11H2,1-3H3/t14-,15-,17+/m1/s1. The van der Waals surface area contributed by atoms with Crippen molar-refractivity contribution in [1.82, 2.24) is 0 Å². The van der Waals surface area contributed by atoms with Crippen molar-refractivity contribution in [2.45, 2.75) is 44.2 Å². The van der Waals surface area contributed by atoms with Gasteiger partial charge in [-0.3, -0.25) is 0 Å². The van der Waals surface area contributed by atoms with Crippen molar-refractivity contribution < 1.29 is 28.8 Å². The zero-order valence-electron chi connectivity index (χ0n) is 13.8. The average molecular weight is 324 g/mol. The molecule has 1 aliphatic rings. The molecule has 6 nitrogen and oxygen atoms in total. The smallest absolute Gasteiger partial charge is 0.340 e. The molecular formula is C17H24O6. The molecule has 0 radical (unpaired) electrons. The average Bonchev–Trinajstić information content (AvgIpc) is 2.87. The Kier molecular flexibility index (Phi) is 5.98. The highest BCUT2D eigenvalue weighted by Gasteiger charge is 2.50. The van der Waals surface area contributed by atoms with Gasteiger partial charge in [0, 0.05) is 13.0 Å². The van der Waals surface area contributed by atoms with Crippen molar-refractivity contribution in [2.24, 2.45) is 0 Å². The molecule has 0 bridgehead atoms. The predicted molar refractivity (Wildman–Crippen MR) is 83.2 cm³/mol. The summed E-state index contributed by atoms with van der Waals surface area (Å²) in [5.41, 5.74) is -0.229. The molecule has 0 aliphatic carbocycles. The van der Waals surface area contributed by atoms with Gasteiger partial charge in [-0.1, -0.05) is 12.1 Å². The van der Waals surface area contributed by atoms with Crippen LogP contribution in [0.3, 0.4) is 0 Å². The summed E-state index contributed by atoms with van der Waals surface area (Å²) in [6.45, 7) is 2.54. The topological polar surface area (TPSA) is 74.2 Å². The largest absolute Gasteiger partial charge is 0.497 e. The third-order valence-corrected chi connectivity index (χ3v) is 4.14. The summed E-state index contributed by atoms with van der Waals surface area (Å²) in [5.74, 6) is 0.260. The highest BCUT2D eigenvalue weighted by molar-refractivity contribution is 5.80. The van der Waals surface area contributed by atoms with E-state index in [4.69, 9.17) is 18.9 Å². The summed E-state index contributed by atoms with van der Waals surface area (Å²) >= 11 is 0. The van der Waals surface area contributed by atoms with Crippen molar-refractivity contribution in [1.29, 1.82) is 0 Å². The van der Waals surface area contributed by atoms with E-state index in [-0.39, 0.29) is 6.10 Å². The molecule has 1 N–H and O–H groups in total. The van der Waals surface area contributed by atoms with Crippen LogP contribution in [-0.4, -0.2) is 49.7 Å². The lowest BCUT2D eigenvalue weighted by molar-refractivity contribution is -0.173. The van der Waals surface area contributed by atoms with Gasteiger partial charge in [0.2, 0.25) is 0 Å². The van der Waals surface area contributed by atoms with E-state index in [0.29, 0.717) is 26.1 Å². The first kappa shape index (κ1) is 17.7. The summed E-state index contributed by atoms with van der Waals surface area (Å²) in [7, 11) is 2.92. The van der Waals surface area contributed by atoms with E-state index in [1.807, 2.05) is 24.3 Å². The monoisotopic (exact) mass is 324 g/mol. The van der Waals surface area contributed by atoms with Gasteiger partial charge in [0.15, 0.2) is 5.60 Å². The van der Waals surface area contributed by atoms with Crippen molar-refractivity contribution in [3.8, 4) is 5.75 Å². The Morgan fingerprint density at radius 2 is 2.04 bits per heavy atom. The fraction of sp³-hybridized carbons (Fsp3) is 0.588. The third-order valence-electron chi connectivity index (χ3n) is 4.14. The maximum absolute atomic E-state index is 11.7. The van der Waals surface area contributed by atoms with Gasteiger partial charge in [0.25, 0.3) is 0 Å². The van der Waals surface area contributed by atoms with Gasteiger partial charge in [-0.25, -0.2) is 4.79 Å². The van der Waals surface area contributed by atoms with E-state index in [1.54, 1.807) is 14.0 Å². The molecule has 0 spiro atoms. The summed E-state index contributed by atoms with van der Waals surface area (Å²) < 4.78 is 21.1. The minimum absolute atomic E-state index is 0.218. The Morgan fingerprint density at radius 3 is 2.65 bits per heavy atom. The van der Waals surface area contributed by atoms with Gasteiger partial charge in [-0.15, -0.1) is 0 Å². The third kappa shape index (κ3) is 4.22. The second-order valence-electron chi connectivity index (χ2n) is 5.78. The molecular weight excluding hydrogens is 300 g/mol. The second kappa shape index (κ2) is 7.77. The number of esters is 1. The lowest BCUT2D eigenvalue weighted by Crippen LogP contribution is -2.45. The Balaban J connectivity index is 1.73. The van der Waals surface area contributed by atoms with Crippen LogP contribution in [-0.2, 0) is 25.6 Å². The second-order valence-corrected chi connectivity index (χ2v) is 5.78. The van der Waals surface area contributed by atoms with Crippen LogP contribution in [0.4, 0.5) is 0 Å². The van der Waals surface area contributed by atoms with Gasteiger partial charge < -0.3 is 24.1 Å². The van der Waals surface area contributed by atoms with E-state index >= 15 is 0 Å². The minimum Gasteiger partial charge on any atom is -0.497 e. The summed E-state index contributed by atoms with van der Waals surface area (Å²) in [5, 5.41) is 10.0. The molecule has 1 heterocycles. The Bertz CT molecular complexity index is 514. The number of ether oxygens (including phenoxy) is 4. The Hall–Kier alpha value is -1.63. The summed E-state index contributed by atoms with van der Waals surface area (Å²) in [6.07, 6.45) is -0.0661. The zero-order valence-corrected chi connectivity index (χ0v) is 13.8. The molecule has 0 aromatic heterocycles. The van der Waals surface area contributed by atoms with Crippen LogP contribution >= 0.6 is 0 Å². The molecule has 1 aromatic carbocycles. The SMILES string of the molecule is COC(=O)[C@@]1(C)O[C@H](CCOCc2ccc(OC)cc2)C[C@H]1O. The first-order chi connectivity index (χ1) is 11.0. The van der Waals surface area contributed by atoms with E-state index in [9.17, 15) is 9.90 Å². The number of methoxy groups -OCH3 is 2. The van der Waals surface area contributed by atoms with E-state index in [2.05, 4.69) is 0 Å². The van der Waals surface area contributed by atoms with E-state index in [0.717, 1.165) is 11.3 Å². The molecule has 128 valence electrons. The van der Waals surface area contributed by atoms with Crippen molar-refractivity contribution in [3.63, 3.8) is 0 Å². The van der Waals surface area contributed by atoms with Crippen LogP contribution in [0.2, 0.25) is 0 Å². The highest BCUT2D eigenvalue weighted by Crippen LogP contribution is 2.33. The number of carbonyl (C=O) groups is 1. The molecule has 1 saturated heterocycles. The molecule has 3 atom stereocenters. The van der Waals surface area contributed by atoms with Gasteiger partial charge in [-0.05, 0) is 31.0 Å². The van der Waals surface area contributed by atoms with Crippen molar-refractivity contribution >= 4 is 5.97 Å². The predicted octanol–water partition coefficient (Wildman–Crippen LogP) is 1.68. The van der Waals surface area contributed by atoms with Crippen LogP contribution < -0.4 is 4.74 Å². The van der Waals surface area contributed by atoms with Crippen molar-refractivity contribution in [2.75, 3.05) is 20.8 Å². The number of carbonyl (C=O) groups excluding carboxylic acids is 1. The van der Waals surface area contributed by atoms with Crippen molar-refractivity contribution in [3.05, 3.63) is 29.8 Å². The number of hydrogen-bond donors (Lipinski definition) is 1. The lowest BCUT2D eigenvalue weighted by Gasteiger charge is -2.24. The fourth-order valence-electron chi connectivity index (χ4n) is 2.64. The van der Waals surface area contributed by atoms with E-state index < -0.39 is 17.7 Å². The molecule has 0 amide bonds. The van der Waals surface area contributed by atoms with E-state index in [1.165, 1.54) is 7.11 Å². The Labute approximate surface area is 136 Å². The number of rotatable bonds is 7. The molecule has 1 aliphatic heterocycles. The Morgan fingerprint density at radius 1 is 1.35 bits per heavy atom. The fourth-order valence-corrected chi connectivity index (χ4v) is 2.64. The van der Waals surface area contributed by atoms with Crippen LogP contribution in [0.15, 0.2) is 24.3 Å². The van der Waals surface area contributed by atoms with Crippen LogP contribution in [0.25, 0.3) is 0 Å². The van der Waals surface area contributed by atoms with Gasteiger partial charge >= 0.3 is 5.97 Å². The maximum atomic E-state index is 11.7. The van der Waals surface area contributed by atoms with Crippen LogP contribution in [0, 0.1) is 0 Å². The minimum atomic E-state index is -1.28. The van der Waals surface area contributed by atoms with Gasteiger partial charge in [0.1, 0.15) is 5.75 Å². The van der Waals surface area contributed by atoms with Crippen LogP contribution in [0.1, 0.15) is 25.3 Å². The highest BCUT2D eigenvalue weighted by atomic mass is 16.6. The molecule has 6 heteroatoms. The normalized spacial score (nSPS) is 27.0. The number of aliphatic hydroxyl groups excluding tert-OH is 1. The zero-order chi connectivity index (χ0) is 16.9. The van der Waals surface area contributed by atoms with Gasteiger partial charge in [-0.2, -0.15) is 0 Å². The maximum Gasteiger partial charge on any atom is 0.340 e. The summed E-state index contributed by atoms with van der Waals surface area (Å²) in [6, 6.07) is 7.67. The summed E-state index contributed by atoms with van der Waals surface area (Å²) in [4.78, 5) is 11.7. The molecule has 0 unspecified atom stereocenters. The lowest BCUT2D eigenvalue weighted by atomic mass is 9.98.